The Hall–Kier alpha value is -2.63. The van der Waals surface area contributed by atoms with Gasteiger partial charge in [0.05, 0.1) is 18.6 Å². The highest BCUT2D eigenvalue weighted by atomic mass is 15.2. The molecule has 3 aromatic rings. The lowest BCUT2D eigenvalue weighted by Gasteiger charge is -2.07. The van der Waals surface area contributed by atoms with Crippen LogP contribution in [0.4, 0.5) is 5.69 Å². The second-order valence-corrected chi connectivity index (χ2v) is 4.28. The summed E-state index contributed by atoms with van der Waals surface area (Å²) in [5, 5.41) is 11.3. The Morgan fingerprint density at radius 2 is 2.32 bits per heavy atom. The summed E-state index contributed by atoms with van der Waals surface area (Å²) in [6, 6.07) is 8.10. The highest BCUT2D eigenvalue weighted by Gasteiger charge is 2.05. The largest absolute Gasteiger partial charge is 0.379 e. The fourth-order valence-corrected chi connectivity index (χ4v) is 1.89. The summed E-state index contributed by atoms with van der Waals surface area (Å²) >= 11 is 0. The molecule has 0 fully saturated rings. The maximum Gasteiger partial charge on any atom is 0.163 e. The number of hydrogen-bond donors (Lipinski definition) is 2. The van der Waals surface area contributed by atoms with Gasteiger partial charge in [-0.15, -0.1) is 10.2 Å². The summed E-state index contributed by atoms with van der Waals surface area (Å²) in [5.41, 5.74) is 3.12. The van der Waals surface area contributed by atoms with E-state index in [2.05, 4.69) is 31.5 Å². The Labute approximate surface area is 110 Å². The van der Waals surface area contributed by atoms with Crippen molar-refractivity contribution in [3.63, 3.8) is 0 Å². The van der Waals surface area contributed by atoms with Gasteiger partial charge in [0, 0.05) is 24.5 Å². The molecule has 0 spiro atoms. The van der Waals surface area contributed by atoms with Gasteiger partial charge < -0.3 is 14.9 Å². The predicted octanol–water partition coefficient (Wildman–Crippen LogP) is 1.82. The molecule has 0 amide bonds. The summed E-state index contributed by atoms with van der Waals surface area (Å²) in [6.07, 6.45) is 5.17. The van der Waals surface area contributed by atoms with Gasteiger partial charge >= 0.3 is 0 Å². The number of benzene rings is 1. The van der Waals surface area contributed by atoms with Gasteiger partial charge in [0.1, 0.15) is 6.33 Å². The lowest BCUT2D eigenvalue weighted by atomic mass is 10.2. The summed E-state index contributed by atoms with van der Waals surface area (Å²) < 4.78 is 1.90. The molecule has 0 aliphatic carbocycles. The molecule has 0 unspecified atom stereocenters. The van der Waals surface area contributed by atoms with Crippen molar-refractivity contribution in [3.05, 3.63) is 48.8 Å². The average molecular weight is 254 g/mol. The molecule has 0 aliphatic heterocycles. The third-order valence-electron chi connectivity index (χ3n) is 2.87. The van der Waals surface area contributed by atoms with Crippen LogP contribution in [0.25, 0.3) is 11.4 Å². The molecular formula is C13H14N6. The number of aromatic nitrogens is 5. The van der Waals surface area contributed by atoms with E-state index in [1.165, 1.54) is 0 Å². The molecule has 6 nitrogen and oxygen atoms in total. The van der Waals surface area contributed by atoms with Crippen molar-refractivity contribution in [3.8, 4) is 11.4 Å². The Morgan fingerprint density at radius 1 is 1.37 bits per heavy atom. The Bertz CT molecular complexity index is 655. The van der Waals surface area contributed by atoms with Crippen LogP contribution in [0.2, 0.25) is 0 Å². The minimum Gasteiger partial charge on any atom is -0.379 e. The van der Waals surface area contributed by atoms with Gasteiger partial charge in [0.15, 0.2) is 5.82 Å². The molecule has 2 aromatic heterocycles. The maximum atomic E-state index is 4.11. The first-order chi connectivity index (χ1) is 9.33. The average Bonchev–Trinajstić information content (AvgIpc) is 3.08. The van der Waals surface area contributed by atoms with Crippen molar-refractivity contribution in [2.45, 2.75) is 6.54 Å². The van der Waals surface area contributed by atoms with Crippen molar-refractivity contribution in [1.29, 1.82) is 0 Å². The summed E-state index contributed by atoms with van der Waals surface area (Å²) in [4.78, 5) is 7.05. The van der Waals surface area contributed by atoms with E-state index < -0.39 is 0 Å². The van der Waals surface area contributed by atoms with Gasteiger partial charge in [-0.05, 0) is 12.1 Å². The van der Waals surface area contributed by atoms with Gasteiger partial charge in [-0.25, -0.2) is 4.98 Å². The normalized spacial score (nSPS) is 10.6. The van der Waals surface area contributed by atoms with Gasteiger partial charge in [-0.3, -0.25) is 0 Å². The first-order valence-corrected chi connectivity index (χ1v) is 5.98. The molecule has 19 heavy (non-hydrogen) atoms. The number of rotatable bonds is 4. The number of anilines is 1. The van der Waals surface area contributed by atoms with Crippen LogP contribution in [-0.2, 0) is 13.6 Å². The number of nitrogens with zero attached hydrogens (tertiary/aromatic N) is 4. The lowest BCUT2D eigenvalue weighted by Crippen LogP contribution is -2.00. The molecule has 1 aromatic carbocycles. The van der Waals surface area contributed by atoms with E-state index in [1.54, 1.807) is 18.9 Å². The zero-order valence-corrected chi connectivity index (χ0v) is 10.5. The van der Waals surface area contributed by atoms with E-state index in [-0.39, 0.29) is 0 Å². The van der Waals surface area contributed by atoms with Crippen LogP contribution in [0, 0.1) is 0 Å². The third kappa shape index (κ3) is 2.47. The van der Waals surface area contributed by atoms with Crippen LogP contribution in [0.3, 0.4) is 0 Å². The van der Waals surface area contributed by atoms with Gasteiger partial charge in [-0.2, -0.15) is 0 Å². The molecular weight excluding hydrogens is 240 g/mol. The smallest absolute Gasteiger partial charge is 0.163 e. The van der Waals surface area contributed by atoms with E-state index in [1.807, 2.05) is 29.8 Å². The quantitative estimate of drug-likeness (QED) is 0.745. The topological polar surface area (TPSA) is 71.4 Å². The molecule has 3 rings (SSSR count). The number of nitrogens with one attached hydrogen (secondary N) is 2. The number of aryl methyl sites for hydroxylation is 1. The first kappa shape index (κ1) is 11.5. The minimum atomic E-state index is 0.711. The monoisotopic (exact) mass is 254 g/mol. The predicted molar refractivity (Wildman–Crippen MR) is 72.4 cm³/mol. The van der Waals surface area contributed by atoms with Crippen LogP contribution in [0.1, 0.15) is 5.69 Å². The third-order valence-corrected chi connectivity index (χ3v) is 2.87. The molecule has 96 valence electrons. The molecule has 0 saturated heterocycles. The van der Waals surface area contributed by atoms with Crippen LogP contribution in [0.15, 0.2) is 43.1 Å². The van der Waals surface area contributed by atoms with Gasteiger partial charge in [0.25, 0.3) is 0 Å². The molecule has 6 heteroatoms. The second kappa shape index (κ2) is 4.93. The zero-order chi connectivity index (χ0) is 13.1. The van der Waals surface area contributed by atoms with Crippen LogP contribution in [0.5, 0.6) is 0 Å². The van der Waals surface area contributed by atoms with E-state index in [4.69, 9.17) is 0 Å². The molecule has 0 bridgehead atoms. The fourth-order valence-electron chi connectivity index (χ4n) is 1.89. The molecule has 0 radical (unpaired) electrons. The lowest BCUT2D eigenvalue weighted by molar-refractivity contribution is 0.919. The molecule has 0 saturated carbocycles. The Kier molecular flexibility index (Phi) is 2.97. The summed E-state index contributed by atoms with van der Waals surface area (Å²) in [6.45, 7) is 0.711. The molecule has 2 N–H and O–H groups in total. The number of aromatic amines is 1. The van der Waals surface area contributed by atoms with Crippen molar-refractivity contribution in [2.24, 2.45) is 7.05 Å². The van der Waals surface area contributed by atoms with E-state index in [9.17, 15) is 0 Å². The fraction of sp³-hybridized carbons (Fsp3) is 0.154. The highest BCUT2D eigenvalue weighted by Crippen LogP contribution is 2.20. The highest BCUT2D eigenvalue weighted by molar-refractivity contribution is 5.62. The van der Waals surface area contributed by atoms with Gasteiger partial charge in [0.2, 0.25) is 0 Å². The molecule has 0 atom stereocenters. The van der Waals surface area contributed by atoms with Crippen molar-refractivity contribution >= 4 is 5.69 Å². The maximum absolute atomic E-state index is 4.11. The summed E-state index contributed by atoms with van der Waals surface area (Å²) in [7, 11) is 1.93. The zero-order valence-electron chi connectivity index (χ0n) is 10.5. The SMILES string of the molecule is Cn1cnnc1-c1cccc(NCc2cnc[nH]2)c1. The van der Waals surface area contributed by atoms with E-state index >= 15 is 0 Å². The van der Waals surface area contributed by atoms with Crippen LogP contribution < -0.4 is 5.32 Å². The second-order valence-electron chi connectivity index (χ2n) is 4.28. The van der Waals surface area contributed by atoms with Crippen molar-refractivity contribution < 1.29 is 0 Å². The Balaban J connectivity index is 1.78. The van der Waals surface area contributed by atoms with Crippen LogP contribution in [-0.4, -0.2) is 24.7 Å². The number of imidazole rings is 1. The van der Waals surface area contributed by atoms with Gasteiger partial charge in [-0.1, -0.05) is 12.1 Å². The molecule has 2 heterocycles. The van der Waals surface area contributed by atoms with Crippen molar-refractivity contribution in [1.82, 2.24) is 24.7 Å². The Morgan fingerprint density at radius 3 is 3.05 bits per heavy atom. The first-order valence-electron chi connectivity index (χ1n) is 5.98. The minimum absolute atomic E-state index is 0.711. The number of hydrogen-bond acceptors (Lipinski definition) is 4. The summed E-state index contributed by atoms with van der Waals surface area (Å²) in [5.74, 6) is 0.852. The standard InChI is InChI=1S/C13H14N6/c1-19-9-17-18-13(19)10-3-2-4-11(5-10)15-7-12-6-14-8-16-12/h2-6,8-9,15H,7H2,1H3,(H,14,16). The van der Waals surface area contributed by atoms with E-state index in [0.717, 1.165) is 22.8 Å². The van der Waals surface area contributed by atoms with Crippen molar-refractivity contribution in [2.75, 3.05) is 5.32 Å². The van der Waals surface area contributed by atoms with Crippen LogP contribution >= 0.6 is 0 Å². The number of H-pyrrole nitrogens is 1. The molecule has 0 aliphatic rings. The van der Waals surface area contributed by atoms with E-state index in [0.29, 0.717) is 6.54 Å².